The monoisotopic (exact) mass is 301 g/mol. The summed E-state index contributed by atoms with van der Waals surface area (Å²) in [5.41, 5.74) is -0.199. The summed E-state index contributed by atoms with van der Waals surface area (Å²) in [5.74, 6) is -4.70. The van der Waals surface area contributed by atoms with Gasteiger partial charge in [0.25, 0.3) is 10.0 Å². The second-order valence-corrected chi connectivity index (χ2v) is 5.74. The van der Waals surface area contributed by atoms with E-state index in [2.05, 4.69) is 0 Å². The van der Waals surface area contributed by atoms with Gasteiger partial charge in [0.15, 0.2) is 17.5 Å². The molecular weight excluding hydrogens is 291 g/mol. The highest BCUT2D eigenvalue weighted by Crippen LogP contribution is 2.23. The van der Waals surface area contributed by atoms with E-state index in [0.29, 0.717) is 11.6 Å². The quantitative estimate of drug-likeness (QED) is 0.885. The lowest BCUT2D eigenvalue weighted by molar-refractivity contribution is 0.449. The molecule has 0 bridgehead atoms. The Hall–Kier alpha value is -2.02. The third-order valence-electron chi connectivity index (χ3n) is 2.66. The minimum absolute atomic E-state index is 0.0656. The summed E-state index contributed by atoms with van der Waals surface area (Å²) in [7, 11) is -4.08. The van der Waals surface area contributed by atoms with Crippen molar-refractivity contribution >= 4 is 15.7 Å². The van der Waals surface area contributed by atoms with Gasteiger partial charge >= 0.3 is 0 Å². The van der Waals surface area contributed by atoms with Crippen LogP contribution in [0.25, 0.3) is 0 Å². The van der Waals surface area contributed by atoms with Crippen molar-refractivity contribution in [2.24, 2.45) is 0 Å². The van der Waals surface area contributed by atoms with Gasteiger partial charge in [-0.2, -0.15) is 0 Å². The summed E-state index contributed by atoms with van der Waals surface area (Å²) in [6.45, 7) is 1.57. The molecular formula is C13H10F3NO2S. The molecule has 0 aliphatic rings. The number of anilines is 1. The molecule has 0 spiro atoms. The molecule has 0 fully saturated rings. The number of benzene rings is 2. The molecule has 0 atom stereocenters. The van der Waals surface area contributed by atoms with Gasteiger partial charge in [-0.25, -0.2) is 21.6 Å². The van der Waals surface area contributed by atoms with Gasteiger partial charge in [-0.1, -0.05) is 18.2 Å². The maximum Gasteiger partial charge on any atom is 0.262 e. The molecule has 7 heteroatoms. The van der Waals surface area contributed by atoms with E-state index in [9.17, 15) is 21.6 Å². The lowest BCUT2D eigenvalue weighted by Gasteiger charge is -2.11. The summed E-state index contributed by atoms with van der Waals surface area (Å²) < 4.78 is 65.4. The predicted molar refractivity (Wildman–Crippen MR) is 68.3 cm³/mol. The van der Waals surface area contributed by atoms with Gasteiger partial charge in [0.2, 0.25) is 0 Å². The standard InChI is InChI=1S/C13H10F3NO2S/c1-8-4-2-3-5-11(8)20(18,19)17-10-7-6-9(14)12(15)13(10)16/h2-7,17H,1H3. The molecule has 20 heavy (non-hydrogen) atoms. The van der Waals surface area contributed by atoms with Crippen molar-refractivity contribution < 1.29 is 21.6 Å². The van der Waals surface area contributed by atoms with Crippen LogP contribution in [0.3, 0.4) is 0 Å². The van der Waals surface area contributed by atoms with Crippen LogP contribution in [0.5, 0.6) is 0 Å². The summed E-state index contributed by atoms with van der Waals surface area (Å²) in [6, 6.07) is 7.51. The fourth-order valence-corrected chi connectivity index (χ4v) is 2.97. The fourth-order valence-electron chi connectivity index (χ4n) is 1.66. The van der Waals surface area contributed by atoms with Gasteiger partial charge in [0.05, 0.1) is 10.6 Å². The van der Waals surface area contributed by atoms with Gasteiger partial charge in [0, 0.05) is 0 Å². The van der Waals surface area contributed by atoms with Gasteiger partial charge in [-0.15, -0.1) is 0 Å². The van der Waals surface area contributed by atoms with Gasteiger partial charge < -0.3 is 0 Å². The number of nitrogens with one attached hydrogen (secondary N) is 1. The van der Waals surface area contributed by atoms with E-state index in [1.165, 1.54) is 12.1 Å². The van der Waals surface area contributed by atoms with Crippen molar-refractivity contribution in [3.05, 3.63) is 59.4 Å². The molecule has 0 amide bonds. The Balaban J connectivity index is 2.45. The highest BCUT2D eigenvalue weighted by molar-refractivity contribution is 7.92. The molecule has 1 N–H and O–H groups in total. The number of rotatable bonds is 3. The Morgan fingerprint density at radius 2 is 1.60 bits per heavy atom. The van der Waals surface area contributed by atoms with Crippen molar-refractivity contribution in [1.82, 2.24) is 0 Å². The minimum atomic E-state index is -4.08. The first-order valence-corrected chi connectivity index (χ1v) is 7.03. The van der Waals surface area contributed by atoms with Gasteiger partial charge in [-0.05, 0) is 30.7 Å². The van der Waals surface area contributed by atoms with E-state index >= 15 is 0 Å². The van der Waals surface area contributed by atoms with Crippen LogP contribution in [0, 0.1) is 24.4 Å². The van der Waals surface area contributed by atoms with Crippen LogP contribution in [0.4, 0.5) is 18.9 Å². The van der Waals surface area contributed by atoms with Gasteiger partial charge in [0.1, 0.15) is 0 Å². The first-order valence-electron chi connectivity index (χ1n) is 5.55. The summed E-state index contributed by atoms with van der Waals surface area (Å²) >= 11 is 0. The van der Waals surface area contributed by atoms with Crippen molar-refractivity contribution in [1.29, 1.82) is 0 Å². The Kier molecular flexibility index (Phi) is 3.71. The molecule has 0 aromatic heterocycles. The van der Waals surface area contributed by atoms with E-state index in [-0.39, 0.29) is 4.90 Å². The molecule has 0 heterocycles. The van der Waals surface area contributed by atoms with Crippen molar-refractivity contribution in [2.45, 2.75) is 11.8 Å². The molecule has 0 radical (unpaired) electrons. The van der Waals surface area contributed by atoms with Crippen LogP contribution in [0.1, 0.15) is 5.56 Å². The maximum absolute atomic E-state index is 13.5. The highest BCUT2D eigenvalue weighted by atomic mass is 32.2. The third-order valence-corrected chi connectivity index (χ3v) is 4.19. The summed E-state index contributed by atoms with van der Waals surface area (Å²) in [4.78, 5) is -0.0656. The highest BCUT2D eigenvalue weighted by Gasteiger charge is 2.21. The van der Waals surface area contributed by atoms with Crippen LogP contribution in [-0.4, -0.2) is 8.42 Å². The average Bonchev–Trinajstić information content (AvgIpc) is 2.40. The lowest BCUT2D eigenvalue weighted by Crippen LogP contribution is -2.15. The van der Waals surface area contributed by atoms with Gasteiger partial charge in [-0.3, -0.25) is 4.72 Å². The number of aryl methyl sites for hydroxylation is 1. The minimum Gasteiger partial charge on any atom is -0.277 e. The predicted octanol–water partition coefficient (Wildman–Crippen LogP) is 3.21. The molecule has 106 valence electrons. The van der Waals surface area contributed by atoms with Crippen LogP contribution >= 0.6 is 0 Å². The smallest absolute Gasteiger partial charge is 0.262 e. The second-order valence-electron chi connectivity index (χ2n) is 4.09. The Bertz CT molecular complexity index is 760. The molecule has 0 saturated carbocycles. The zero-order chi connectivity index (χ0) is 14.9. The second kappa shape index (κ2) is 5.16. The Morgan fingerprint density at radius 1 is 0.950 bits per heavy atom. The first kappa shape index (κ1) is 14.4. The summed E-state index contributed by atoms with van der Waals surface area (Å²) in [6.07, 6.45) is 0. The van der Waals surface area contributed by atoms with E-state index in [0.717, 1.165) is 6.07 Å². The fraction of sp³-hybridized carbons (Fsp3) is 0.0769. The molecule has 3 nitrogen and oxygen atoms in total. The first-order chi connectivity index (χ1) is 9.33. The number of halogens is 3. The number of hydrogen-bond acceptors (Lipinski definition) is 2. The molecule has 0 aliphatic heterocycles. The molecule has 2 rings (SSSR count). The topological polar surface area (TPSA) is 46.2 Å². The SMILES string of the molecule is Cc1ccccc1S(=O)(=O)Nc1ccc(F)c(F)c1F. The molecule has 2 aromatic carbocycles. The van der Waals surface area contributed by atoms with Crippen LogP contribution < -0.4 is 4.72 Å². The number of sulfonamides is 1. The third kappa shape index (κ3) is 2.62. The largest absolute Gasteiger partial charge is 0.277 e. The Labute approximate surface area is 114 Å². The zero-order valence-electron chi connectivity index (χ0n) is 10.3. The lowest BCUT2D eigenvalue weighted by atomic mass is 10.2. The van der Waals surface area contributed by atoms with E-state index < -0.39 is 33.2 Å². The number of hydrogen-bond donors (Lipinski definition) is 1. The maximum atomic E-state index is 13.5. The Morgan fingerprint density at radius 3 is 2.25 bits per heavy atom. The molecule has 0 aliphatic carbocycles. The van der Waals surface area contributed by atoms with Crippen molar-refractivity contribution in [3.8, 4) is 0 Å². The van der Waals surface area contributed by atoms with Crippen LogP contribution in [0.15, 0.2) is 41.3 Å². The van der Waals surface area contributed by atoms with E-state index in [1.807, 2.05) is 4.72 Å². The molecule has 0 unspecified atom stereocenters. The normalized spacial score (nSPS) is 11.4. The molecule has 0 saturated heterocycles. The van der Waals surface area contributed by atoms with Crippen LogP contribution in [0.2, 0.25) is 0 Å². The van der Waals surface area contributed by atoms with Crippen molar-refractivity contribution in [3.63, 3.8) is 0 Å². The van der Waals surface area contributed by atoms with Crippen molar-refractivity contribution in [2.75, 3.05) is 4.72 Å². The average molecular weight is 301 g/mol. The molecule has 2 aromatic rings. The van der Waals surface area contributed by atoms with E-state index in [1.54, 1.807) is 19.1 Å². The summed E-state index contributed by atoms with van der Waals surface area (Å²) in [5, 5.41) is 0. The van der Waals surface area contributed by atoms with Crippen LogP contribution in [-0.2, 0) is 10.0 Å². The van der Waals surface area contributed by atoms with E-state index in [4.69, 9.17) is 0 Å². The zero-order valence-corrected chi connectivity index (χ0v) is 11.1.